The summed E-state index contributed by atoms with van der Waals surface area (Å²) in [4.78, 5) is 65.0. The van der Waals surface area contributed by atoms with E-state index in [0.29, 0.717) is 79.8 Å². The summed E-state index contributed by atoms with van der Waals surface area (Å²) >= 11 is 3.29. The van der Waals surface area contributed by atoms with Crippen LogP contribution in [0.1, 0.15) is 102 Å². The van der Waals surface area contributed by atoms with Crippen LogP contribution in [0.25, 0.3) is 0 Å². The van der Waals surface area contributed by atoms with Gasteiger partial charge in [0.25, 0.3) is 0 Å². The van der Waals surface area contributed by atoms with Gasteiger partial charge < -0.3 is 29.2 Å². The topological polar surface area (TPSA) is 163 Å². The number of benzene rings is 3. The molecule has 0 saturated carbocycles. The molecule has 0 aliphatic heterocycles. The van der Waals surface area contributed by atoms with Gasteiger partial charge in [0.15, 0.2) is 11.5 Å². The van der Waals surface area contributed by atoms with Crippen LogP contribution in [0.2, 0.25) is 0 Å². The van der Waals surface area contributed by atoms with Gasteiger partial charge in [0.1, 0.15) is 39.0 Å². The largest absolute Gasteiger partial charge is 0.506 e. The summed E-state index contributed by atoms with van der Waals surface area (Å²) in [6.45, 7) is 17.0. The standard InChI is InChI=1S/C41H43BrO11/c1-12-26-27(13-2)30(39(47)52-36-22(8)19(5)32(38(45)46)20(6)23(36)9)18(4)15-28(26)51-41(49)33-21(7)24(10)37(34(42)35(33)44)53-40(48)31-17(3)14-25(43)16-29(31)50-11/h14-16,31,44H,12-13H2,1-11H3,(H,45,46). The van der Waals surface area contributed by atoms with E-state index in [9.17, 15) is 34.2 Å². The summed E-state index contributed by atoms with van der Waals surface area (Å²) < 4.78 is 22.9. The number of carboxylic acids is 1. The molecule has 0 amide bonds. The second-order valence-electron chi connectivity index (χ2n) is 13.0. The van der Waals surface area contributed by atoms with Gasteiger partial charge in [0, 0.05) is 6.08 Å². The molecule has 1 aliphatic carbocycles. The fraction of sp³-hybridized carbons (Fsp3) is 0.341. The molecule has 0 bridgehead atoms. The minimum atomic E-state index is -1.06. The van der Waals surface area contributed by atoms with Crippen LogP contribution in [0.3, 0.4) is 0 Å². The Morgan fingerprint density at radius 3 is 1.77 bits per heavy atom. The predicted octanol–water partition coefficient (Wildman–Crippen LogP) is 8.16. The summed E-state index contributed by atoms with van der Waals surface area (Å²) in [5.74, 6) is -4.54. The highest BCUT2D eigenvalue weighted by Crippen LogP contribution is 2.44. The van der Waals surface area contributed by atoms with E-state index < -0.39 is 35.5 Å². The molecule has 3 aromatic carbocycles. The molecule has 53 heavy (non-hydrogen) atoms. The van der Waals surface area contributed by atoms with Crippen molar-refractivity contribution in [2.45, 2.75) is 82.1 Å². The average molecular weight is 792 g/mol. The molecule has 0 heterocycles. The lowest BCUT2D eigenvalue weighted by Gasteiger charge is -2.23. The van der Waals surface area contributed by atoms with Gasteiger partial charge in [-0.2, -0.15) is 0 Å². The number of halogens is 1. The van der Waals surface area contributed by atoms with E-state index >= 15 is 0 Å². The van der Waals surface area contributed by atoms with Crippen molar-refractivity contribution in [3.8, 4) is 23.0 Å². The number of carboxylic acid groups (broad SMARTS) is 1. The number of carbonyl (C=O) groups excluding carboxylic acids is 4. The summed E-state index contributed by atoms with van der Waals surface area (Å²) in [6.07, 6.45) is 3.30. The average Bonchev–Trinajstić information content (AvgIpc) is 3.09. The first-order valence-corrected chi connectivity index (χ1v) is 17.8. The molecule has 0 radical (unpaired) electrons. The van der Waals surface area contributed by atoms with Crippen LogP contribution < -0.4 is 14.2 Å². The molecular weight excluding hydrogens is 748 g/mol. The number of ether oxygens (including phenoxy) is 4. The van der Waals surface area contributed by atoms with Gasteiger partial charge in [0.05, 0.1) is 18.2 Å². The molecule has 4 rings (SSSR count). The molecule has 0 spiro atoms. The number of ketones is 1. The van der Waals surface area contributed by atoms with Gasteiger partial charge in [-0.15, -0.1) is 0 Å². The second-order valence-corrected chi connectivity index (χ2v) is 13.8. The molecule has 2 N–H and O–H groups in total. The number of phenols is 1. The van der Waals surface area contributed by atoms with Gasteiger partial charge in [-0.3, -0.25) is 9.59 Å². The van der Waals surface area contributed by atoms with Crippen molar-refractivity contribution in [3.05, 3.63) is 101 Å². The molecule has 1 aliphatic rings. The molecular formula is C41H43BrO11. The third-order valence-electron chi connectivity index (χ3n) is 9.98. The van der Waals surface area contributed by atoms with E-state index in [1.807, 2.05) is 13.8 Å². The van der Waals surface area contributed by atoms with Crippen molar-refractivity contribution in [2.24, 2.45) is 5.92 Å². The zero-order valence-corrected chi connectivity index (χ0v) is 33.3. The number of aromatic carboxylic acids is 1. The Labute approximate surface area is 316 Å². The van der Waals surface area contributed by atoms with Gasteiger partial charge in [0.2, 0.25) is 0 Å². The lowest BCUT2D eigenvalue weighted by atomic mass is 9.91. The Morgan fingerprint density at radius 1 is 0.717 bits per heavy atom. The van der Waals surface area contributed by atoms with E-state index in [4.69, 9.17) is 18.9 Å². The van der Waals surface area contributed by atoms with Crippen molar-refractivity contribution in [2.75, 3.05) is 7.11 Å². The number of aryl methyl sites for hydroxylation is 1. The fourth-order valence-electron chi connectivity index (χ4n) is 6.82. The van der Waals surface area contributed by atoms with Crippen LogP contribution in [-0.2, 0) is 27.2 Å². The van der Waals surface area contributed by atoms with Gasteiger partial charge in [-0.1, -0.05) is 13.8 Å². The number of allylic oxidation sites excluding steroid dienone is 2. The number of hydrogen-bond donors (Lipinski definition) is 2. The maximum atomic E-state index is 13.9. The monoisotopic (exact) mass is 790 g/mol. The smallest absolute Gasteiger partial charge is 0.347 e. The third-order valence-corrected chi connectivity index (χ3v) is 10.7. The number of rotatable bonds is 10. The number of carbonyl (C=O) groups is 5. The first-order chi connectivity index (χ1) is 24.8. The highest BCUT2D eigenvalue weighted by molar-refractivity contribution is 9.10. The van der Waals surface area contributed by atoms with E-state index in [1.165, 1.54) is 19.3 Å². The number of aromatic hydroxyl groups is 1. The third kappa shape index (κ3) is 7.37. The lowest BCUT2D eigenvalue weighted by Crippen LogP contribution is -2.28. The number of esters is 3. The second kappa shape index (κ2) is 15.8. The first-order valence-electron chi connectivity index (χ1n) is 17.0. The molecule has 0 aromatic heterocycles. The maximum Gasteiger partial charge on any atom is 0.347 e. The van der Waals surface area contributed by atoms with Crippen molar-refractivity contribution >= 4 is 45.6 Å². The Morgan fingerprint density at radius 2 is 1.25 bits per heavy atom. The molecule has 3 aromatic rings. The zero-order chi connectivity index (χ0) is 39.8. The SMILES string of the molecule is CCc1c(OC(=O)c2c(C)c(C)c(OC(=O)C3C(C)=CC(=O)C=C3OC)c(Br)c2O)cc(C)c(C(=O)Oc2c(C)c(C)c(C(=O)O)c(C)c2C)c1CC. The van der Waals surface area contributed by atoms with Crippen LogP contribution in [0.5, 0.6) is 23.0 Å². The summed E-state index contributed by atoms with van der Waals surface area (Å²) in [5, 5.41) is 21.0. The molecule has 1 unspecified atom stereocenters. The Balaban J connectivity index is 1.71. The van der Waals surface area contributed by atoms with Gasteiger partial charge in [-0.25, -0.2) is 14.4 Å². The summed E-state index contributed by atoms with van der Waals surface area (Å²) in [5.41, 5.74) is 5.20. The number of methoxy groups -OCH3 is 1. The van der Waals surface area contributed by atoms with Crippen molar-refractivity contribution in [1.29, 1.82) is 0 Å². The minimum absolute atomic E-state index is 0.0172. The summed E-state index contributed by atoms with van der Waals surface area (Å²) in [6, 6.07) is 1.58. The molecule has 280 valence electrons. The zero-order valence-electron chi connectivity index (χ0n) is 31.7. The highest BCUT2D eigenvalue weighted by atomic mass is 79.9. The van der Waals surface area contributed by atoms with Gasteiger partial charge >= 0.3 is 23.9 Å². The summed E-state index contributed by atoms with van der Waals surface area (Å²) in [7, 11) is 1.34. The van der Waals surface area contributed by atoms with Crippen LogP contribution >= 0.6 is 15.9 Å². The van der Waals surface area contributed by atoms with Crippen molar-refractivity contribution < 1.29 is 53.1 Å². The molecule has 1 atom stereocenters. The van der Waals surface area contributed by atoms with Crippen molar-refractivity contribution in [1.82, 2.24) is 0 Å². The van der Waals surface area contributed by atoms with Crippen LogP contribution in [0.4, 0.5) is 0 Å². The predicted molar refractivity (Wildman–Crippen MR) is 200 cm³/mol. The van der Waals surface area contributed by atoms with Crippen LogP contribution in [0, 0.1) is 54.4 Å². The quantitative estimate of drug-likeness (QED) is 0.151. The van der Waals surface area contributed by atoms with Gasteiger partial charge in [-0.05, 0) is 152 Å². The molecule has 0 fully saturated rings. The normalized spacial score (nSPS) is 14.0. The lowest BCUT2D eigenvalue weighted by molar-refractivity contribution is -0.137. The number of phenolic OH excluding ortho intramolecular Hbond substituents is 1. The van der Waals surface area contributed by atoms with E-state index in [1.54, 1.807) is 61.5 Å². The highest BCUT2D eigenvalue weighted by Gasteiger charge is 2.34. The fourth-order valence-corrected chi connectivity index (χ4v) is 7.39. The van der Waals surface area contributed by atoms with E-state index in [0.717, 1.165) is 0 Å². The molecule has 12 heteroatoms. The first kappa shape index (κ1) is 40.5. The Bertz CT molecular complexity index is 2110. The van der Waals surface area contributed by atoms with Crippen LogP contribution in [-0.4, -0.2) is 47.0 Å². The molecule has 0 saturated heterocycles. The Kier molecular flexibility index (Phi) is 12.1. The maximum absolute atomic E-state index is 13.9. The minimum Gasteiger partial charge on any atom is -0.506 e. The van der Waals surface area contributed by atoms with E-state index in [2.05, 4.69) is 15.9 Å². The molecule has 11 nitrogen and oxygen atoms in total. The number of hydrogen-bond acceptors (Lipinski definition) is 10. The van der Waals surface area contributed by atoms with E-state index in [-0.39, 0.29) is 38.6 Å². The van der Waals surface area contributed by atoms with Crippen LogP contribution in [0.15, 0.2) is 34.0 Å². The van der Waals surface area contributed by atoms with Crippen molar-refractivity contribution in [3.63, 3.8) is 0 Å². The Hall–Kier alpha value is -5.23.